The van der Waals surface area contributed by atoms with Gasteiger partial charge in [-0.1, -0.05) is 19.1 Å². The maximum Gasteiger partial charge on any atom is 0.0276 e. The molecule has 0 rings (SSSR count). The maximum absolute atomic E-state index is 4.13. The molecule has 1 nitrogen and oxygen atoms in total. The van der Waals surface area contributed by atoms with E-state index in [4.69, 9.17) is 0 Å². The Morgan fingerprint density at radius 3 is 2.64 bits per heavy atom. The van der Waals surface area contributed by atoms with E-state index in [9.17, 15) is 0 Å². The van der Waals surface area contributed by atoms with Crippen LogP contribution >= 0.6 is 0 Å². The van der Waals surface area contributed by atoms with Crippen LogP contribution in [-0.4, -0.2) is 12.8 Å². The Morgan fingerprint density at radius 2 is 2.18 bits per heavy atom. The molecule has 0 radical (unpaired) electrons. The maximum atomic E-state index is 4.13. The third-order valence-electron chi connectivity index (χ3n) is 1.80. The molecule has 1 unspecified atom stereocenters. The van der Waals surface area contributed by atoms with Gasteiger partial charge >= 0.3 is 0 Å². The second kappa shape index (κ2) is 6.14. The second-order valence-electron chi connectivity index (χ2n) is 3.07. The predicted molar refractivity (Wildman–Crippen MR) is 52.2 cm³/mol. The molecule has 0 aromatic rings. The summed E-state index contributed by atoms with van der Waals surface area (Å²) in [7, 11) is 1.86. The normalized spacial score (nSPS) is 15.8. The summed E-state index contributed by atoms with van der Waals surface area (Å²) >= 11 is 0. The van der Waals surface area contributed by atoms with Crippen molar-refractivity contribution in [1.82, 2.24) is 0 Å². The van der Waals surface area contributed by atoms with Crippen LogP contribution in [0.1, 0.15) is 33.6 Å². The summed E-state index contributed by atoms with van der Waals surface area (Å²) in [4.78, 5) is 4.13. The van der Waals surface area contributed by atoms with E-state index in [1.807, 2.05) is 7.05 Å². The Labute approximate surface area is 70.2 Å². The molecule has 1 heteroatoms. The van der Waals surface area contributed by atoms with E-state index in [0.717, 1.165) is 12.3 Å². The minimum Gasteiger partial charge on any atom is -0.298 e. The van der Waals surface area contributed by atoms with Crippen molar-refractivity contribution in [3.63, 3.8) is 0 Å². The van der Waals surface area contributed by atoms with E-state index in [1.165, 1.54) is 12.1 Å². The summed E-state index contributed by atoms with van der Waals surface area (Å²) in [5.41, 5.74) is 1.25. The SMILES string of the molecule is CC=CCC(C)CC(C)=NC. The fourth-order valence-corrected chi connectivity index (χ4v) is 1.05. The van der Waals surface area contributed by atoms with Gasteiger partial charge in [-0.05, 0) is 32.6 Å². The molecular weight excluding hydrogens is 134 g/mol. The quantitative estimate of drug-likeness (QED) is 0.435. The van der Waals surface area contributed by atoms with Crippen molar-refractivity contribution < 1.29 is 0 Å². The third-order valence-corrected chi connectivity index (χ3v) is 1.80. The molecule has 11 heavy (non-hydrogen) atoms. The molecule has 0 aromatic carbocycles. The monoisotopic (exact) mass is 153 g/mol. The second-order valence-corrected chi connectivity index (χ2v) is 3.07. The average molecular weight is 153 g/mol. The van der Waals surface area contributed by atoms with Crippen LogP contribution in [0.25, 0.3) is 0 Å². The van der Waals surface area contributed by atoms with Gasteiger partial charge in [-0.15, -0.1) is 0 Å². The van der Waals surface area contributed by atoms with Gasteiger partial charge in [0.1, 0.15) is 0 Å². The van der Waals surface area contributed by atoms with E-state index < -0.39 is 0 Å². The zero-order valence-electron chi connectivity index (χ0n) is 8.09. The molecule has 0 saturated heterocycles. The Kier molecular flexibility index (Phi) is 5.81. The number of hydrogen-bond donors (Lipinski definition) is 0. The fourth-order valence-electron chi connectivity index (χ4n) is 1.05. The average Bonchev–Trinajstić information content (AvgIpc) is 2.00. The van der Waals surface area contributed by atoms with Crippen LogP contribution in [0.3, 0.4) is 0 Å². The zero-order chi connectivity index (χ0) is 8.69. The van der Waals surface area contributed by atoms with E-state index in [2.05, 4.69) is 37.9 Å². The van der Waals surface area contributed by atoms with Gasteiger partial charge in [0.05, 0.1) is 0 Å². The molecule has 0 N–H and O–H groups in total. The number of hydrogen-bond acceptors (Lipinski definition) is 1. The molecule has 1 atom stereocenters. The molecule has 0 saturated carbocycles. The summed E-state index contributed by atoms with van der Waals surface area (Å²) in [6, 6.07) is 0. The first-order valence-corrected chi connectivity index (χ1v) is 4.24. The van der Waals surface area contributed by atoms with Crippen molar-refractivity contribution >= 4 is 5.71 Å². The van der Waals surface area contributed by atoms with Crippen molar-refractivity contribution in [3.05, 3.63) is 12.2 Å². The Bertz CT molecular complexity index is 145. The van der Waals surface area contributed by atoms with Crippen LogP contribution < -0.4 is 0 Å². The number of allylic oxidation sites excluding steroid dienone is 2. The van der Waals surface area contributed by atoms with E-state index in [-0.39, 0.29) is 0 Å². The topological polar surface area (TPSA) is 12.4 Å². The molecule has 0 aliphatic carbocycles. The van der Waals surface area contributed by atoms with Gasteiger partial charge in [-0.2, -0.15) is 0 Å². The van der Waals surface area contributed by atoms with Crippen LogP contribution in [0.15, 0.2) is 17.1 Å². The molecule has 0 aliphatic heterocycles. The van der Waals surface area contributed by atoms with Crippen molar-refractivity contribution in [2.24, 2.45) is 10.9 Å². The molecule has 0 aliphatic rings. The lowest BCUT2D eigenvalue weighted by atomic mass is 10.0. The highest BCUT2D eigenvalue weighted by Crippen LogP contribution is 2.08. The van der Waals surface area contributed by atoms with Crippen LogP contribution in [-0.2, 0) is 0 Å². The molecular formula is C10H19N. The lowest BCUT2D eigenvalue weighted by Gasteiger charge is -2.06. The summed E-state index contributed by atoms with van der Waals surface area (Å²) < 4.78 is 0. The first-order chi connectivity index (χ1) is 5.20. The smallest absolute Gasteiger partial charge is 0.0276 e. The number of nitrogens with zero attached hydrogens (tertiary/aromatic N) is 1. The molecule has 0 fully saturated rings. The van der Waals surface area contributed by atoms with E-state index in [1.54, 1.807) is 0 Å². The molecule has 0 spiro atoms. The van der Waals surface area contributed by atoms with Gasteiger partial charge in [-0.3, -0.25) is 4.99 Å². The summed E-state index contributed by atoms with van der Waals surface area (Å²) in [5, 5.41) is 0. The summed E-state index contributed by atoms with van der Waals surface area (Å²) in [6.07, 6.45) is 6.62. The Morgan fingerprint density at radius 1 is 1.55 bits per heavy atom. The van der Waals surface area contributed by atoms with Crippen molar-refractivity contribution in [3.8, 4) is 0 Å². The van der Waals surface area contributed by atoms with Gasteiger partial charge in [0, 0.05) is 12.8 Å². The van der Waals surface area contributed by atoms with Gasteiger partial charge in [-0.25, -0.2) is 0 Å². The lowest BCUT2D eigenvalue weighted by molar-refractivity contribution is 0.618. The highest BCUT2D eigenvalue weighted by atomic mass is 14.7. The molecule has 64 valence electrons. The van der Waals surface area contributed by atoms with E-state index in [0.29, 0.717) is 0 Å². The lowest BCUT2D eigenvalue weighted by Crippen LogP contribution is -2.00. The van der Waals surface area contributed by atoms with Crippen molar-refractivity contribution in [2.45, 2.75) is 33.6 Å². The number of aliphatic imine (C=N–C) groups is 1. The molecule has 0 amide bonds. The highest BCUT2D eigenvalue weighted by Gasteiger charge is 2.00. The minimum absolute atomic E-state index is 0.731. The van der Waals surface area contributed by atoms with E-state index >= 15 is 0 Å². The first-order valence-electron chi connectivity index (χ1n) is 4.24. The van der Waals surface area contributed by atoms with Crippen LogP contribution in [0.2, 0.25) is 0 Å². The summed E-state index contributed by atoms with van der Waals surface area (Å²) in [6.45, 7) is 6.41. The molecule has 0 heterocycles. The van der Waals surface area contributed by atoms with Gasteiger partial charge < -0.3 is 0 Å². The van der Waals surface area contributed by atoms with Gasteiger partial charge in [0.25, 0.3) is 0 Å². The molecule has 0 aromatic heterocycles. The number of rotatable bonds is 4. The summed E-state index contributed by atoms with van der Waals surface area (Å²) in [5.74, 6) is 0.731. The standard InChI is InChI=1S/C10H19N/c1-5-6-7-9(2)8-10(3)11-4/h5-6,9H,7-8H2,1-4H3. The fraction of sp³-hybridized carbons (Fsp3) is 0.700. The van der Waals surface area contributed by atoms with Gasteiger partial charge in [0.15, 0.2) is 0 Å². The predicted octanol–water partition coefficient (Wildman–Crippen LogP) is 3.07. The Balaban J connectivity index is 3.60. The first kappa shape index (κ1) is 10.4. The van der Waals surface area contributed by atoms with Gasteiger partial charge in [0.2, 0.25) is 0 Å². The van der Waals surface area contributed by atoms with Crippen LogP contribution in [0, 0.1) is 5.92 Å². The zero-order valence-corrected chi connectivity index (χ0v) is 8.09. The third kappa shape index (κ3) is 5.84. The highest BCUT2D eigenvalue weighted by molar-refractivity contribution is 5.81. The van der Waals surface area contributed by atoms with Crippen LogP contribution in [0.5, 0.6) is 0 Å². The largest absolute Gasteiger partial charge is 0.298 e. The van der Waals surface area contributed by atoms with Crippen molar-refractivity contribution in [1.29, 1.82) is 0 Å². The van der Waals surface area contributed by atoms with Crippen molar-refractivity contribution in [2.75, 3.05) is 7.05 Å². The Hall–Kier alpha value is -0.590. The van der Waals surface area contributed by atoms with Crippen LogP contribution in [0.4, 0.5) is 0 Å². The minimum atomic E-state index is 0.731. The molecule has 0 bridgehead atoms.